The Morgan fingerprint density at radius 3 is 2.73 bits per heavy atom. The lowest BCUT2D eigenvalue weighted by atomic mass is 10.6. The van der Waals surface area contributed by atoms with Crippen molar-refractivity contribution in [2.24, 2.45) is 0 Å². The summed E-state index contributed by atoms with van der Waals surface area (Å²) in [6.07, 6.45) is 0. The highest BCUT2D eigenvalue weighted by Crippen LogP contribution is 2.12. The summed E-state index contributed by atoms with van der Waals surface area (Å²) in [4.78, 5) is 18.6. The number of carbonyl (C=O) groups is 1. The van der Waals surface area contributed by atoms with Crippen molar-refractivity contribution in [3.05, 3.63) is 0 Å². The van der Waals surface area contributed by atoms with Crippen molar-refractivity contribution in [1.82, 2.24) is 5.32 Å². The molecular weight excluding hydrogens is 173 g/mol. The first-order chi connectivity index (χ1) is 5.16. The SMILES string of the molecule is O=C(CO[PH](=O)O)NCCO. The number of hydrogen-bond acceptors (Lipinski definition) is 4. The van der Waals surface area contributed by atoms with Gasteiger partial charge in [-0.2, -0.15) is 0 Å². The number of aliphatic hydroxyl groups is 1. The minimum atomic E-state index is -3.03. The van der Waals surface area contributed by atoms with Crippen LogP contribution >= 0.6 is 8.25 Å². The van der Waals surface area contributed by atoms with Gasteiger partial charge in [-0.3, -0.25) is 9.36 Å². The molecule has 6 nitrogen and oxygen atoms in total. The van der Waals surface area contributed by atoms with E-state index in [4.69, 9.17) is 10.00 Å². The van der Waals surface area contributed by atoms with Gasteiger partial charge in [-0.1, -0.05) is 0 Å². The molecule has 1 amide bonds. The summed E-state index contributed by atoms with van der Waals surface area (Å²) in [7, 11) is -3.03. The van der Waals surface area contributed by atoms with Crippen molar-refractivity contribution in [3.8, 4) is 0 Å². The number of carbonyl (C=O) groups excluding carboxylic acids is 1. The smallest absolute Gasteiger partial charge is 0.317 e. The van der Waals surface area contributed by atoms with Gasteiger partial charge >= 0.3 is 8.25 Å². The second kappa shape index (κ2) is 6.30. The van der Waals surface area contributed by atoms with Gasteiger partial charge in [0.1, 0.15) is 6.61 Å². The molecule has 0 heterocycles. The molecule has 1 atom stereocenters. The van der Waals surface area contributed by atoms with Gasteiger partial charge < -0.3 is 19.8 Å². The summed E-state index contributed by atoms with van der Waals surface area (Å²) in [5, 5.41) is 10.5. The number of rotatable bonds is 5. The molecule has 0 rings (SSSR count). The zero-order valence-corrected chi connectivity index (χ0v) is 6.74. The van der Waals surface area contributed by atoms with Crippen molar-refractivity contribution in [2.75, 3.05) is 19.8 Å². The molecule has 0 aromatic heterocycles. The molecule has 0 aromatic carbocycles. The van der Waals surface area contributed by atoms with E-state index in [9.17, 15) is 9.36 Å². The van der Waals surface area contributed by atoms with Gasteiger partial charge in [0, 0.05) is 6.54 Å². The molecule has 1 unspecified atom stereocenters. The highest BCUT2D eigenvalue weighted by Gasteiger charge is 2.00. The maximum absolute atomic E-state index is 10.5. The molecule has 7 heteroatoms. The number of aliphatic hydroxyl groups excluding tert-OH is 1. The molecule has 0 aromatic rings. The van der Waals surface area contributed by atoms with Crippen LogP contribution in [0, 0.1) is 0 Å². The Balaban J connectivity index is 3.30. The summed E-state index contributed by atoms with van der Waals surface area (Å²) in [6, 6.07) is 0. The van der Waals surface area contributed by atoms with Crippen LogP contribution in [0.5, 0.6) is 0 Å². The van der Waals surface area contributed by atoms with Gasteiger partial charge in [0.2, 0.25) is 5.91 Å². The van der Waals surface area contributed by atoms with Crippen LogP contribution in [0.2, 0.25) is 0 Å². The Bertz CT molecular complexity index is 149. The van der Waals surface area contributed by atoms with Gasteiger partial charge in [0.15, 0.2) is 0 Å². The Hall–Kier alpha value is -0.420. The van der Waals surface area contributed by atoms with Crippen LogP contribution in [0.4, 0.5) is 0 Å². The fourth-order valence-electron chi connectivity index (χ4n) is 0.374. The van der Waals surface area contributed by atoms with Crippen LogP contribution in [-0.4, -0.2) is 35.7 Å². The average molecular weight is 183 g/mol. The maximum Gasteiger partial charge on any atom is 0.317 e. The van der Waals surface area contributed by atoms with E-state index >= 15 is 0 Å². The highest BCUT2D eigenvalue weighted by molar-refractivity contribution is 7.32. The third-order valence-electron chi connectivity index (χ3n) is 0.761. The Morgan fingerprint density at radius 1 is 1.64 bits per heavy atom. The third kappa shape index (κ3) is 7.48. The van der Waals surface area contributed by atoms with E-state index in [1.165, 1.54) is 0 Å². The second-order valence-corrected chi connectivity index (χ2v) is 2.45. The molecule has 66 valence electrons. The van der Waals surface area contributed by atoms with Crippen LogP contribution < -0.4 is 5.32 Å². The van der Waals surface area contributed by atoms with Crippen molar-refractivity contribution in [3.63, 3.8) is 0 Å². The number of amides is 1. The Labute approximate surface area is 64.1 Å². The van der Waals surface area contributed by atoms with Gasteiger partial charge in [-0.05, 0) is 0 Å². The zero-order valence-electron chi connectivity index (χ0n) is 5.74. The Morgan fingerprint density at radius 2 is 2.27 bits per heavy atom. The predicted molar refractivity (Wildman–Crippen MR) is 37.3 cm³/mol. The summed E-state index contributed by atoms with van der Waals surface area (Å²) >= 11 is 0. The lowest BCUT2D eigenvalue weighted by Gasteiger charge is -2.00. The predicted octanol–water partition coefficient (Wildman–Crippen LogP) is -1.51. The molecular formula is C4H10NO5P. The van der Waals surface area contributed by atoms with Crippen molar-refractivity contribution in [1.29, 1.82) is 0 Å². The number of nitrogens with one attached hydrogen (secondary N) is 1. The first kappa shape index (κ1) is 10.6. The maximum atomic E-state index is 10.5. The minimum absolute atomic E-state index is 0.120. The quantitative estimate of drug-likeness (QED) is 0.450. The van der Waals surface area contributed by atoms with Crippen LogP contribution in [-0.2, 0) is 13.9 Å². The minimum Gasteiger partial charge on any atom is -0.395 e. The molecule has 0 spiro atoms. The van der Waals surface area contributed by atoms with Crippen LogP contribution in [0.25, 0.3) is 0 Å². The number of hydrogen-bond donors (Lipinski definition) is 3. The van der Waals surface area contributed by atoms with Gasteiger partial charge in [-0.25, -0.2) is 0 Å². The largest absolute Gasteiger partial charge is 0.395 e. The summed E-state index contributed by atoms with van der Waals surface area (Å²) in [5.41, 5.74) is 0. The molecule has 11 heavy (non-hydrogen) atoms. The first-order valence-corrected chi connectivity index (χ1v) is 4.16. The van der Waals surface area contributed by atoms with Crippen molar-refractivity contribution >= 4 is 14.2 Å². The van der Waals surface area contributed by atoms with E-state index in [1.807, 2.05) is 0 Å². The van der Waals surface area contributed by atoms with E-state index in [0.29, 0.717) is 0 Å². The summed E-state index contributed by atoms with van der Waals surface area (Å²) in [6.45, 7) is -0.497. The average Bonchev–Trinajstić information content (AvgIpc) is 1.97. The van der Waals surface area contributed by atoms with E-state index in [2.05, 4.69) is 9.84 Å². The molecule has 3 N–H and O–H groups in total. The molecule has 0 fully saturated rings. The molecule has 0 saturated heterocycles. The molecule has 0 bridgehead atoms. The lowest BCUT2D eigenvalue weighted by molar-refractivity contribution is -0.123. The van der Waals surface area contributed by atoms with Gasteiger partial charge in [-0.15, -0.1) is 0 Å². The van der Waals surface area contributed by atoms with E-state index in [1.54, 1.807) is 0 Å². The van der Waals surface area contributed by atoms with E-state index in [0.717, 1.165) is 0 Å². The molecule has 0 radical (unpaired) electrons. The molecule has 0 aliphatic heterocycles. The van der Waals surface area contributed by atoms with Crippen molar-refractivity contribution in [2.45, 2.75) is 0 Å². The molecule has 0 saturated carbocycles. The van der Waals surface area contributed by atoms with Gasteiger partial charge in [0.25, 0.3) is 0 Å². The highest BCUT2D eigenvalue weighted by atomic mass is 31.1. The van der Waals surface area contributed by atoms with Crippen LogP contribution in [0.15, 0.2) is 0 Å². The lowest BCUT2D eigenvalue weighted by Crippen LogP contribution is -2.29. The van der Waals surface area contributed by atoms with Crippen molar-refractivity contribution < 1.29 is 23.9 Å². The van der Waals surface area contributed by atoms with E-state index < -0.39 is 20.8 Å². The normalized spacial score (nSPS) is 12.5. The monoisotopic (exact) mass is 183 g/mol. The topological polar surface area (TPSA) is 95.9 Å². The van der Waals surface area contributed by atoms with Crippen LogP contribution in [0.3, 0.4) is 0 Å². The van der Waals surface area contributed by atoms with Crippen LogP contribution in [0.1, 0.15) is 0 Å². The fourth-order valence-corrected chi connectivity index (χ4v) is 0.628. The zero-order chi connectivity index (χ0) is 8.69. The molecule has 0 aliphatic carbocycles. The Kier molecular flexibility index (Phi) is 6.06. The van der Waals surface area contributed by atoms with E-state index in [-0.39, 0.29) is 13.2 Å². The fraction of sp³-hybridized carbons (Fsp3) is 0.750. The first-order valence-electron chi connectivity index (χ1n) is 2.90. The third-order valence-corrected chi connectivity index (χ3v) is 1.15. The second-order valence-electron chi connectivity index (χ2n) is 1.63. The standard InChI is InChI=1S/C4H10NO5P/c6-2-1-5-4(7)3-10-11(8)9/h6,11H,1-3H2,(H,5,7)(H,8,9). The summed E-state index contributed by atoms with van der Waals surface area (Å²) in [5.74, 6) is -0.522. The van der Waals surface area contributed by atoms with Gasteiger partial charge in [0.05, 0.1) is 6.61 Å². The summed E-state index contributed by atoms with van der Waals surface area (Å²) < 4.78 is 14.0. The molecule has 0 aliphatic rings.